The third kappa shape index (κ3) is 1.98. The second kappa shape index (κ2) is 3.60. The van der Waals surface area contributed by atoms with E-state index in [-0.39, 0.29) is 17.8 Å². The Labute approximate surface area is 88.2 Å². The van der Waals surface area contributed by atoms with Crippen LogP contribution in [0.3, 0.4) is 0 Å². The minimum Gasteiger partial charge on any atom is -0.330 e. The molecule has 0 spiro atoms. The van der Waals surface area contributed by atoms with Gasteiger partial charge in [0.2, 0.25) is 0 Å². The molecule has 15 heavy (non-hydrogen) atoms. The van der Waals surface area contributed by atoms with Crippen LogP contribution in [0.1, 0.15) is 37.3 Å². The number of hydrogen-bond acceptors (Lipinski definition) is 4. The highest BCUT2D eigenvalue weighted by molar-refractivity contribution is 5.90. The Hall–Kier alpha value is -1.46. The largest absolute Gasteiger partial charge is 0.330 e. The molecule has 1 aromatic heterocycles. The van der Waals surface area contributed by atoms with Crippen LogP contribution >= 0.6 is 0 Å². The van der Waals surface area contributed by atoms with Gasteiger partial charge in [-0.2, -0.15) is 4.80 Å². The Kier molecular flexibility index (Phi) is 2.42. The summed E-state index contributed by atoms with van der Waals surface area (Å²) in [4.78, 5) is 15.2. The molecule has 0 unspecified atom stereocenters. The minimum absolute atomic E-state index is 0.111. The van der Waals surface area contributed by atoms with Crippen LogP contribution in [0.15, 0.2) is 0 Å². The van der Waals surface area contributed by atoms with Gasteiger partial charge in [0.15, 0.2) is 0 Å². The van der Waals surface area contributed by atoms with Crippen molar-refractivity contribution in [2.45, 2.75) is 38.8 Å². The van der Waals surface area contributed by atoms with Crippen molar-refractivity contribution in [2.75, 3.05) is 0 Å². The van der Waals surface area contributed by atoms with E-state index >= 15 is 0 Å². The number of amides is 1. The van der Waals surface area contributed by atoms with Gasteiger partial charge in [-0.05, 0) is 31.9 Å². The number of carbonyl (C=O) groups is 1. The minimum atomic E-state index is -0.111. The molecule has 0 bridgehead atoms. The standard InChI is InChI=1S/C9H15N5O/c1-6(2)14(7-4-5-7)9(15)8-10-12-13(3)11-8/h6-7H,4-5H2,1-3H3. The topological polar surface area (TPSA) is 63.9 Å². The van der Waals surface area contributed by atoms with E-state index in [0.29, 0.717) is 6.04 Å². The van der Waals surface area contributed by atoms with Crippen LogP contribution in [0.25, 0.3) is 0 Å². The lowest BCUT2D eigenvalue weighted by Gasteiger charge is -2.24. The van der Waals surface area contributed by atoms with E-state index in [1.165, 1.54) is 4.80 Å². The molecule has 0 radical (unpaired) electrons. The van der Waals surface area contributed by atoms with Gasteiger partial charge in [-0.25, -0.2) is 0 Å². The van der Waals surface area contributed by atoms with Crippen LogP contribution < -0.4 is 0 Å². The molecule has 82 valence electrons. The number of aromatic nitrogens is 4. The molecule has 6 heteroatoms. The van der Waals surface area contributed by atoms with Gasteiger partial charge in [0.1, 0.15) is 0 Å². The third-order valence-electron chi connectivity index (χ3n) is 2.43. The molecule has 0 aromatic carbocycles. The van der Waals surface area contributed by atoms with E-state index in [1.54, 1.807) is 7.05 Å². The summed E-state index contributed by atoms with van der Waals surface area (Å²) in [6, 6.07) is 0.565. The SMILES string of the molecule is CC(C)N(C(=O)c1nnn(C)n1)C1CC1. The summed E-state index contributed by atoms with van der Waals surface area (Å²) in [5.74, 6) is 0.0821. The Bertz CT molecular complexity index is 366. The van der Waals surface area contributed by atoms with E-state index < -0.39 is 0 Å². The van der Waals surface area contributed by atoms with E-state index in [0.717, 1.165) is 12.8 Å². The van der Waals surface area contributed by atoms with Crippen molar-refractivity contribution < 1.29 is 4.79 Å². The highest BCUT2D eigenvalue weighted by Gasteiger charge is 2.36. The molecular weight excluding hydrogens is 194 g/mol. The van der Waals surface area contributed by atoms with Crippen LogP contribution in [-0.4, -0.2) is 43.1 Å². The first kappa shape index (κ1) is 10.1. The number of carbonyl (C=O) groups excluding carboxylic acids is 1. The van der Waals surface area contributed by atoms with Crippen molar-refractivity contribution >= 4 is 5.91 Å². The van der Waals surface area contributed by atoms with E-state index in [4.69, 9.17) is 0 Å². The van der Waals surface area contributed by atoms with Crippen LogP contribution in [0.2, 0.25) is 0 Å². The molecule has 0 aliphatic heterocycles. The fourth-order valence-electron chi connectivity index (χ4n) is 1.66. The molecule has 2 rings (SSSR count). The van der Waals surface area contributed by atoms with Crippen molar-refractivity contribution in [2.24, 2.45) is 7.05 Å². The fourth-order valence-corrected chi connectivity index (χ4v) is 1.66. The third-order valence-corrected chi connectivity index (χ3v) is 2.43. The van der Waals surface area contributed by atoms with Gasteiger partial charge in [0, 0.05) is 12.1 Å². The van der Waals surface area contributed by atoms with Gasteiger partial charge < -0.3 is 4.90 Å². The van der Waals surface area contributed by atoms with Crippen molar-refractivity contribution in [3.8, 4) is 0 Å². The number of rotatable bonds is 3. The fraction of sp³-hybridized carbons (Fsp3) is 0.778. The summed E-state index contributed by atoms with van der Waals surface area (Å²) in [7, 11) is 1.65. The zero-order valence-corrected chi connectivity index (χ0v) is 9.21. The molecule has 0 atom stereocenters. The Morgan fingerprint density at radius 2 is 2.20 bits per heavy atom. The molecule has 1 aromatic rings. The maximum Gasteiger partial charge on any atom is 0.295 e. The summed E-state index contributed by atoms with van der Waals surface area (Å²) < 4.78 is 0. The predicted molar refractivity (Wildman–Crippen MR) is 53.1 cm³/mol. The van der Waals surface area contributed by atoms with E-state index in [9.17, 15) is 4.79 Å². The quantitative estimate of drug-likeness (QED) is 0.714. The van der Waals surface area contributed by atoms with Crippen LogP contribution in [0, 0.1) is 0 Å². The molecule has 6 nitrogen and oxygen atoms in total. The monoisotopic (exact) mass is 209 g/mol. The molecular formula is C9H15N5O. The van der Waals surface area contributed by atoms with Crippen LogP contribution in [-0.2, 0) is 7.05 Å². The van der Waals surface area contributed by atoms with Crippen molar-refractivity contribution in [3.05, 3.63) is 5.82 Å². The first-order valence-corrected chi connectivity index (χ1v) is 5.16. The zero-order chi connectivity index (χ0) is 11.0. The summed E-state index contributed by atoms with van der Waals surface area (Å²) in [6.07, 6.45) is 2.17. The molecule has 1 aliphatic rings. The summed E-state index contributed by atoms with van der Waals surface area (Å²) in [5, 5.41) is 11.3. The van der Waals surface area contributed by atoms with E-state index in [1.807, 2.05) is 18.7 Å². The molecule has 1 saturated carbocycles. The lowest BCUT2D eigenvalue weighted by molar-refractivity contribution is 0.0677. The molecule has 1 heterocycles. The smallest absolute Gasteiger partial charge is 0.295 e. The molecule has 1 aliphatic carbocycles. The Morgan fingerprint density at radius 3 is 2.60 bits per heavy atom. The predicted octanol–water partition coefficient (Wildman–Crippen LogP) is 0.223. The number of nitrogens with zero attached hydrogens (tertiary/aromatic N) is 5. The first-order valence-electron chi connectivity index (χ1n) is 5.16. The zero-order valence-electron chi connectivity index (χ0n) is 9.21. The van der Waals surface area contributed by atoms with Gasteiger partial charge in [-0.3, -0.25) is 4.79 Å². The Morgan fingerprint density at radius 1 is 1.53 bits per heavy atom. The lowest BCUT2D eigenvalue weighted by atomic mass is 10.3. The maximum absolute atomic E-state index is 12.0. The van der Waals surface area contributed by atoms with Crippen LogP contribution in [0.4, 0.5) is 0 Å². The van der Waals surface area contributed by atoms with Crippen molar-refractivity contribution in [1.29, 1.82) is 0 Å². The van der Waals surface area contributed by atoms with Crippen molar-refractivity contribution in [3.63, 3.8) is 0 Å². The Balaban J connectivity index is 2.17. The highest BCUT2D eigenvalue weighted by Crippen LogP contribution is 2.29. The molecule has 1 fully saturated rings. The summed E-state index contributed by atoms with van der Waals surface area (Å²) >= 11 is 0. The number of hydrogen-bond donors (Lipinski definition) is 0. The highest BCUT2D eigenvalue weighted by atomic mass is 16.2. The number of aryl methyl sites for hydroxylation is 1. The van der Waals surface area contributed by atoms with Gasteiger partial charge in [0.05, 0.1) is 7.05 Å². The van der Waals surface area contributed by atoms with Crippen LogP contribution in [0.5, 0.6) is 0 Å². The van der Waals surface area contributed by atoms with E-state index in [2.05, 4.69) is 15.4 Å². The van der Waals surface area contributed by atoms with Gasteiger partial charge in [0.25, 0.3) is 11.7 Å². The summed E-state index contributed by atoms with van der Waals surface area (Å²) in [5.41, 5.74) is 0. The van der Waals surface area contributed by atoms with Gasteiger partial charge in [-0.1, -0.05) is 0 Å². The molecule has 0 N–H and O–H groups in total. The average molecular weight is 209 g/mol. The lowest BCUT2D eigenvalue weighted by Crippen LogP contribution is -2.39. The maximum atomic E-state index is 12.0. The normalized spacial score (nSPS) is 15.7. The molecule has 0 saturated heterocycles. The summed E-state index contributed by atoms with van der Waals surface area (Å²) in [6.45, 7) is 4.01. The second-order valence-corrected chi connectivity index (χ2v) is 4.14. The first-order chi connectivity index (χ1) is 7.09. The average Bonchev–Trinajstić information content (AvgIpc) is 2.87. The number of tetrazole rings is 1. The van der Waals surface area contributed by atoms with Gasteiger partial charge >= 0.3 is 0 Å². The van der Waals surface area contributed by atoms with Gasteiger partial charge in [-0.15, -0.1) is 10.2 Å². The van der Waals surface area contributed by atoms with Crippen molar-refractivity contribution in [1.82, 2.24) is 25.1 Å². The second-order valence-electron chi connectivity index (χ2n) is 4.14. The molecule has 1 amide bonds.